The molecule has 1 amide bonds. The molecule has 5 nitrogen and oxygen atoms in total. The number of halogens is 1. The molecule has 0 bridgehead atoms. The molecule has 2 rings (SSSR count). The number of nitrogens with one attached hydrogen (secondary N) is 2. The van der Waals surface area contributed by atoms with Gasteiger partial charge in [0.25, 0.3) is 0 Å². The van der Waals surface area contributed by atoms with E-state index in [1.807, 2.05) is 18.2 Å². The number of benzene rings is 2. The molecule has 0 fully saturated rings. The number of carboxylic acids is 1. The van der Waals surface area contributed by atoms with E-state index < -0.39 is 17.7 Å². The van der Waals surface area contributed by atoms with E-state index in [9.17, 15) is 14.0 Å². The molecule has 0 spiro atoms. The Bertz CT molecular complexity index is 659. The summed E-state index contributed by atoms with van der Waals surface area (Å²) in [6, 6.07) is 12.4. The van der Waals surface area contributed by atoms with Gasteiger partial charge in [-0.15, -0.1) is 0 Å². The van der Waals surface area contributed by atoms with E-state index in [-0.39, 0.29) is 17.8 Å². The molecule has 3 N–H and O–H groups in total. The third-order valence-corrected chi connectivity index (χ3v) is 2.72. The first kappa shape index (κ1) is 14.5. The minimum Gasteiger partial charge on any atom is -0.478 e. The second kappa shape index (κ2) is 6.51. The molecule has 0 radical (unpaired) electrons. The van der Waals surface area contributed by atoms with E-state index in [4.69, 9.17) is 5.11 Å². The fourth-order valence-corrected chi connectivity index (χ4v) is 1.68. The van der Waals surface area contributed by atoms with E-state index in [1.165, 1.54) is 12.1 Å². The second-order valence-electron chi connectivity index (χ2n) is 4.27. The Hall–Kier alpha value is -2.89. The van der Waals surface area contributed by atoms with Crippen LogP contribution in [0.1, 0.15) is 10.4 Å². The number of rotatable bonds is 5. The number of aromatic carboxylic acids is 1. The van der Waals surface area contributed by atoms with Crippen molar-refractivity contribution in [2.75, 3.05) is 17.2 Å². The van der Waals surface area contributed by atoms with Crippen molar-refractivity contribution >= 4 is 23.3 Å². The van der Waals surface area contributed by atoms with Crippen LogP contribution in [0.25, 0.3) is 0 Å². The highest BCUT2D eigenvalue weighted by atomic mass is 19.1. The van der Waals surface area contributed by atoms with E-state index in [1.54, 1.807) is 12.1 Å². The number of hydrogen-bond acceptors (Lipinski definition) is 3. The highest BCUT2D eigenvalue weighted by Gasteiger charge is 2.10. The molecule has 0 unspecified atom stereocenters. The lowest BCUT2D eigenvalue weighted by molar-refractivity contribution is -0.114. The summed E-state index contributed by atoms with van der Waals surface area (Å²) in [5.74, 6) is -2.44. The first-order valence-corrected chi connectivity index (χ1v) is 6.18. The van der Waals surface area contributed by atoms with Crippen LogP contribution in [0.5, 0.6) is 0 Å². The molecular weight excluding hydrogens is 275 g/mol. The maximum absolute atomic E-state index is 13.6. The zero-order valence-electron chi connectivity index (χ0n) is 11.0. The molecule has 0 saturated carbocycles. The molecule has 0 saturated heterocycles. The van der Waals surface area contributed by atoms with Crippen LogP contribution in [0.4, 0.5) is 15.8 Å². The van der Waals surface area contributed by atoms with Gasteiger partial charge < -0.3 is 15.7 Å². The van der Waals surface area contributed by atoms with Crippen molar-refractivity contribution in [3.05, 3.63) is 59.9 Å². The molecule has 0 aliphatic carbocycles. The van der Waals surface area contributed by atoms with Gasteiger partial charge >= 0.3 is 5.97 Å². The Morgan fingerprint density at radius 3 is 2.43 bits per heavy atom. The Kier molecular flexibility index (Phi) is 4.50. The summed E-state index contributed by atoms with van der Waals surface area (Å²) >= 11 is 0. The monoisotopic (exact) mass is 288 g/mol. The molecule has 6 heteroatoms. The second-order valence-corrected chi connectivity index (χ2v) is 4.27. The van der Waals surface area contributed by atoms with Gasteiger partial charge in [0.1, 0.15) is 5.82 Å². The van der Waals surface area contributed by atoms with Crippen molar-refractivity contribution < 1.29 is 19.1 Å². The predicted octanol–water partition coefficient (Wildman–Crippen LogP) is 2.57. The fraction of sp³-hybridized carbons (Fsp3) is 0.0667. The summed E-state index contributed by atoms with van der Waals surface area (Å²) in [6.45, 7) is -0.0237. The van der Waals surface area contributed by atoms with Gasteiger partial charge in [-0.1, -0.05) is 18.2 Å². The number of anilines is 2. The first-order chi connectivity index (χ1) is 10.1. The smallest absolute Gasteiger partial charge is 0.335 e. The molecule has 21 heavy (non-hydrogen) atoms. The van der Waals surface area contributed by atoms with Crippen LogP contribution in [0.3, 0.4) is 0 Å². The number of hydrogen-bond donors (Lipinski definition) is 3. The van der Waals surface area contributed by atoms with Crippen LogP contribution in [0.15, 0.2) is 48.5 Å². The summed E-state index contributed by atoms with van der Waals surface area (Å²) in [5.41, 5.74) is 0.544. The largest absolute Gasteiger partial charge is 0.478 e. The Labute approximate surface area is 120 Å². The quantitative estimate of drug-likeness (QED) is 0.790. The van der Waals surface area contributed by atoms with Crippen molar-refractivity contribution in [3.63, 3.8) is 0 Å². The molecule has 0 aromatic heterocycles. The van der Waals surface area contributed by atoms with Crippen LogP contribution in [-0.4, -0.2) is 23.5 Å². The molecule has 108 valence electrons. The molecule has 0 atom stereocenters. The lowest BCUT2D eigenvalue weighted by Crippen LogP contribution is -2.22. The number of carbonyl (C=O) groups is 2. The summed E-state index contributed by atoms with van der Waals surface area (Å²) in [7, 11) is 0. The summed E-state index contributed by atoms with van der Waals surface area (Å²) < 4.78 is 13.6. The zero-order chi connectivity index (χ0) is 15.2. The minimum absolute atomic E-state index is 0.0237. The van der Waals surface area contributed by atoms with E-state index in [0.717, 1.165) is 11.8 Å². The number of amides is 1. The highest BCUT2D eigenvalue weighted by Crippen LogP contribution is 2.16. The molecule has 0 heterocycles. The van der Waals surface area contributed by atoms with E-state index in [2.05, 4.69) is 10.6 Å². The Morgan fingerprint density at radius 2 is 1.81 bits per heavy atom. The highest BCUT2D eigenvalue weighted by molar-refractivity contribution is 5.94. The van der Waals surface area contributed by atoms with Gasteiger partial charge in [-0.3, -0.25) is 4.79 Å². The van der Waals surface area contributed by atoms with Crippen molar-refractivity contribution in [3.8, 4) is 0 Å². The van der Waals surface area contributed by atoms with Crippen molar-refractivity contribution in [2.45, 2.75) is 0 Å². The van der Waals surface area contributed by atoms with Crippen molar-refractivity contribution in [2.24, 2.45) is 0 Å². The fourth-order valence-electron chi connectivity index (χ4n) is 1.68. The average molecular weight is 288 g/mol. The average Bonchev–Trinajstić information content (AvgIpc) is 2.48. The number of carbonyl (C=O) groups excluding carboxylic acids is 1. The normalized spacial score (nSPS) is 9.95. The van der Waals surface area contributed by atoms with Gasteiger partial charge in [0, 0.05) is 5.69 Å². The van der Waals surface area contributed by atoms with Gasteiger partial charge in [-0.05, 0) is 30.3 Å². The lowest BCUT2D eigenvalue weighted by atomic mass is 10.2. The molecule has 0 aliphatic rings. The van der Waals surface area contributed by atoms with Gasteiger partial charge in [0.15, 0.2) is 0 Å². The van der Waals surface area contributed by atoms with Crippen molar-refractivity contribution in [1.82, 2.24) is 0 Å². The SMILES string of the molecule is O=C(CNc1ccccc1)Nc1ccc(C(=O)O)cc1F. The number of para-hydroxylation sites is 1. The van der Waals surface area contributed by atoms with Gasteiger partial charge in [-0.2, -0.15) is 0 Å². The van der Waals surface area contributed by atoms with Crippen LogP contribution in [0, 0.1) is 5.82 Å². The Morgan fingerprint density at radius 1 is 1.10 bits per heavy atom. The summed E-state index contributed by atoms with van der Waals surface area (Å²) in [5, 5.41) is 14.0. The minimum atomic E-state index is -1.22. The maximum Gasteiger partial charge on any atom is 0.335 e. The van der Waals surface area contributed by atoms with Crippen LogP contribution in [-0.2, 0) is 4.79 Å². The topological polar surface area (TPSA) is 78.4 Å². The molecular formula is C15H13FN2O3. The maximum atomic E-state index is 13.6. The molecule has 2 aromatic carbocycles. The number of carboxylic acid groups (broad SMARTS) is 1. The standard InChI is InChI=1S/C15H13FN2O3/c16-12-8-10(15(20)21)6-7-13(12)18-14(19)9-17-11-4-2-1-3-5-11/h1-8,17H,9H2,(H,18,19)(H,20,21). The van der Waals surface area contributed by atoms with Gasteiger partial charge in [0.2, 0.25) is 5.91 Å². The van der Waals surface area contributed by atoms with Crippen molar-refractivity contribution in [1.29, 1.82) is 0 Å². The third kappa shape index (κ3) is 4.04. The summed E-state index contributed by atoms with van der Waals surface area (Å²) in [4.78, 5) is 22.4. The lowest BCUT2D eigenvalue weighted by Gasteiger charge is -2.09. The first-order valence-electron chi connectivity index (χ1n) is 6.18. The van der Waals surface area contributed by atoms with Gasteiger partial charge in [-0.25, -0.2) is 9.18 Å². The van der Waals surface area contributed by atoms with E-state index in [0.29, 0.717) is 0 Å². The van der Waals surface area contributed by atoms with Crippen LogP contribution in [0.2, 0.25) is 0 Å². The third-order valence-electron chi connectivity index (χ3n) is 2.72. The van der Waals surface area contributed by atoms with E-state index >= 15 is 0 Å². The van der Waals surface area contributed by atoms with Crippen LogP contribution < -0.4 is 10.6 Å². The predicted molar refractivity (Wildman–Crippen MR) is 76.9 cm³/mol. The van der Waals surface area contributed by atoms with Gasteiger partial charge in [0.05, 0.1) is 17.8 Å². The summed E-state index contributed by atoms with van der Waals surface area (Å²) in [6.07, 6.45) is 0. The molecule has 0 aliphatic heterocycles. The van der Waals surface area contributed by atoms with Crippen LogP contribution >= 0.6 is 0 Å². The molecule has 2 aromatic rings. The Balaban J connectivity index is 1.95. The zero-order valence-corrected chi connectivity index (χ0v) is 11.0.